The van der Waals surface area contributed by atoms with E-state index in [1.54, 1.807) is 15.9 Å². The van der Waals surface area contributed by atoms with E-state index in [9.17, 15) is 31.2 Å². The molecule has 2 amide bonds. The molecule has 2 aromatic carbocycles. The summed E-state index contributed by atoms with van der Waals surface area (Å²) < 4.78 is 68.1. The largest absolute Gasteiger partial charge is 0.457 e. The summed E-state index contributed by atoms with van der Waals surface area (Å²) in [5.74, 6) is 0.0310. The van der Waals surface area contributed by atoms with E-state index in [0.717, 1.165) is 29.5 Å². The lowest BCUT2D eigenvalue weighted by Crippen LogP contribution is -2.47. The highest BCUT2D eigenvalue weighted by Gasteiger charge is 2.38. The van der Waals surface area contributed by atoms with Gasteiger partial charge in [0.15, 0.2) is 0 Å². The van der Waals surface area contributed by atoms with Gasteiger partial charge in [0.25, 0.3) is 0 Å². The Morgan fingerprint density at radius 1 is 1.05 bits per heavy atom. The lowest BCUT2D eigenvalue weighted by Gasteiger charge is -2.44. The summed E-state index contributed by atoms with van der Waals surface area (Å²) >= 11 is 0. The molecule has 4 rings (SSSR count). The zero-order chi connectivity index (χ0) is 28.4. The molecule has 0 aliphatic carbocycles. The Kier molecular flexibility index (Phi) is 8.39. The van der Waals surface area contributed by atoms with Crippen molar-refractivity contribution in [3.8, 4) is 11.5 Å². The number of sulfone groups is 1. The predicted molar refractivity (Wildman–Crippen MR) is 140 cm³/mol. The number of ether oxygens (including phenoxy) is 1. The van der Waals surface area contributed by atoms with Gasteiger partial charge in [0.2, 0.25) is 11.8 Å². The predicted octanol–water partition coefficient (Wildman–Crippen LogP) is 4.78. The van der Waals surface area contributed by atoms with Crippen LogP contribution in [0, 0.1) is 5.92 Å². The van der Waals surface area contributed by atoms with Gasteiger partial charge in [-0.2, -0.15) is 13.2 Å². The van der Waals surface area contributed by atoms with Crippen molar-refractivity contribution in [2.75, 3.05) is 31.6 Å². The standard InChI is InChI=1S/C28H31F3N2O5S/c1-3-25(34)32-14-10-20(11-15-32)27-24-18-23(38-22-8-5-21(6-9-22)28(29,30)31)7-4-19(24)12-16-33(27)26(35)13-17-39(2,36)37/h3-9,18,20,27H,1,10-17H2,2H3. The van der Waals surface area contributed by atoms with Crippen molar-refractivity contribution in [2.24, 2.45) is 5.92 Å². The van der Waals surface area contributed by atoms with E-state index in [2.05, 4.69) is 6.58 Å². The molecule has 210 valence electrons. The maximum absolute atomic E-state index is 13.3. The molecule has 2 aliphatic rings. The van der Waals surface area contributed by atoms with Crippen LogP contribution in [-0.4, -0.2) is 61.7 Å². The third-order valence-corrected chi connectivity index (χ3v) is 8.24. The Morgan fingerprint density at radius 2 is 1.69 bits per heavy atom. The number of nitrogens with zero attached hydrogens (tertiary/aromatic N) is 2. The molecule has 1 saturated heterocycles. The first-order chi connectivity index (χ1) is 18.4. The fourth-order valence-electron chi connectivity index (χ4n) is 5.30. The quantitative estimate of drug-likeness (QED) is 0.452. The second kappa shape index (κ2) is 11.4. The van der Waals surface area contributed by atoms with Crippen LogP contribution in [0.25, 0.3) is 0 Å². The molecule has 2 heterocycles. The van der Waals surface area contributed by atoms with Crippen LogP contribution >= 0.6 is 0 Å². The number of carbonyl (C=O) groups is 2. The lowest BCUT2D eigenvalue weighted by molar-refractivity contribution is -0.137. The minimum absolute atomic E-state index is 0.0152. The molecule has 0 N–H and O–H groups in total. The molecular formula is C28H31F3N2O5S. The number of hydrogen-bond acceptors (Lipinski definition) is 5. The van der Waals surface area contributed by atoms with E-state index in [-0.39, 0.29) is 41.7 Å². The number of halogens is 3. The summed E-state index contributed by atoms with van der Waals surface area (Å²) in [4.78, 5) is 28.8. The molecule has 0 saturated carbocycles. The molecular weight excluding hydrogens is 533 g/mol. The van der Waals surface area contributed by atoms with Crippen LogP contribution < -0.4 is 4.74 Å². The number of amides is 2. The van der Waals surface area contributed by atoms with Crippen molar-refractivity contribution >= 4 is 21.7 Å². The third-order valence-electron chi connectivity index (χ3n) is 7.29. The highest BCUT2D eigenvalue weighted by Crippen LogP contribution is 2.42. The molecule has 1 unspecified atom stereocenters. The van der Waals surface area contributed by atoms with Gasteiger partial charge in [-0.05, 0) is 78.8 Å². The van der Waals surface area contributed by atoms with Crippen molar-refractivity contribution in [1.82, 2.24) is 9.80 Å². The molecule has 0 spiro atoms. The number of carbonyl (C=O) groups excluding carboxylic acids is 2. The fraction of sp³-hybridized carbons (Fsp3) is 0.429. The van der Waals surface area contributed by atoms with Crippen LogP contribution in [0.2, 0.25) is 0 Å². The Morgan fingerprint density at radius 3 is 2.28 bits per heavy atom. The summed E-state index contributed by atoms with van der Waals surface area (Å²) in [6, 6.07) is 9.54. The van der Waals surface area contributed by atoms with Gasteiger partial charge in [-0.1, -0.05) is 12.6 Å². The molecule has 0 aromatic heterocycles. The van der Waals surface area contributed by atoms with Gasteiger partial charge >= 0.3 is 6.18 Å². The summed E-state index contributed by atoms with van der Waals surface area (Å²) in [5.41, 5.74) is 1.12. The van der Waals surface area contributed by atoms with E-state index in [4.69, 9.17) is 4.74 Å². The Balaban J connectivity index is 1.62. The number of benzene rings is 2. The third kappa shape index (κ3) is 7.00. The van der Waals surface area contributed by atoms with Crippen LogP contribution in [0.1, 0.15) is 42.0 Å². The first kappa shape index (κ1) is 28.7. The molecule has 11 heteroatoms. The van der Waals surface area contributed by atoms with Crippen molar-refractivity contribution in [3.63, 3.8) is 0 Å². The molecule has 2 aromatic rings. The smallest absolute Gasteiger partial charge is 0.416 e. The van der Waals surface area contributed by atoms with E-state index >= 15 is 0 Å². The van der Waals surface area contributed by atoms with E-state index in [0.29, 0.717) is 44.6 Å². The summed E-state index contributed by atoms with van der Waals surface area (Å²) in [5, 5.41) is 0. The summed E-state index contributed by atoms with van der Waals surface area (Å²) in [7, 11) is -3.33. The zero-order valence-corrected chi connectivity index (χ0v) is 22.4. The second-order valence-corrected chi connectivity index (χ2v) is 12.3. The van der Waals surface area contributed by atoms with Crippen LogP contribution in [-0.2, 0) is 32.0 Å². The Hall–Kier alpha value is -3.34. The minimum atomic E-state index is -4.45. The Labute approximate surface area is 226 Å². The SMILES string of the molecule is C=CC(=O)N1CCC(C2c3cc(Oc4ccc(C(F)(F)F)cc4)ccc3CCN2C(=O)CCS(C)(=O)=O)CC1. The van der Waals surface area contributed by atoms with Gasteiger partial charge in [-0.15, -0.1) is 0 Å². The fourth-order valence-corrected chi connectivity index (χ4v) is 5.85. The molecule has 1 fully saturated rings. The zero-order valence-electron chi connectivity index (χ0n) is 21.6. The number of rotatable bonds is 7. The Bertz CT molecular complexity index is 1330. The van der Waals surface area contributed by atoms with E-state index in [1.807, 2.05) is 12.1 Å². The van der Waals surface area contributed by atoms with Gasteiger partial charge in [0.1, 0.15) is 21.3 Å². The van der Waals surface area contributed by atoms with Crippen molar-refractivity contribution in [1.29, 1.82) is 0 Å². The number of fused-ring (bicyclic) bond motifs is 1. The van der Waals surface area contributed by atoms with Gasteiger partial charge in [0.05, 0.1) is 17.4 Å². The normalized spacial score (nSPS) is 18.4. The van der Waals surface area contributed by atoms with Crippen LogP contribution in [0.15, 0.2) is 55.1 Å². The first-order valence-electron chi connectivity index (χ1n) is 12.7. The molecule has 7 nitrogen and oxygen atoms in total. The van der Waals surface area contributed by atoms with Crippen molar-refractivity contribution in [3.05, 3.63) is 71.8 Å². The van der Waals surface area contributed by atoms with Crippen molar-refractivity contribution < 1.29 is 35.9 Å². The molecule has 0 bridgehead atoms. The highest BCUT2D eigenvalue weighted by atomic mass is 32.2. The molecule has 1 atom stereocenters. The van der Waals surface area contributed by atoms with Gasteiger partial charge in [-0.3, -0.25) is 9.59 Å². The molecule has 2 aliphatic heterocycles. The lowest BCUT2D eigenvalue weighted by atomic mass is 9.79. The molecule has 39 heavy (non-hydrogen) atoms. The number of alkyl halides is 3. The highest BCUT2D eigenvalue weighted by molar-refractivity contribution is 7.90. The van der Waals surface area contributed by atoms with Crippen molar-refractivity contribution in [2.45, 2.75) is 37.9 Å². The van der Waals surface area contributed by atoms with E-state index in [1.165, 1.54) is 18.2 Å². The minimum Gasteiger partial charge on any atom is -0.457 e. The van der Waals surface area contributed by atoms with Crippen LogP contribution in [0.5, 0.6) is 11.5 Å². The number of piperidine rings is 1. The molecule has 0 radical (unpaired) electrons. The van der Waals surface area contributed by atoms with Gasteiger partial charge < -0.3 is 14.5 Å². The second-order valence-electron chi connectivity index (χ2n) is 10.0. The van der Waals surface area contributed by atoms with E-state index < -0.39 is 21.6 Å². The maximum atomic E-state index is 13.3. The topological polar surface area (TPSA) is 84.0 Å². The maximum Gasteiger partial charge on any atom is 0.416 e. The summed E-state index contributed by atoms with van der Waals surface area (Å²) in [6.07, 6.45) is -0.336. The number of likely N-dealkylation sites (tertiary alicyclic amines) is 1. The average molecular weight is 565 g/mol. The first-order valence-corrected chi connectivity index (χ1v) is 14.8. The van der Waals surface area contributed by atoms with Gasteiger partial charge in [-0.25, -0.2) is 8.42 Å². The monoisotopic (exact) mass is 564 g/mol. The van der Waals surface area contributed by atoms with Gasteiger partial charge in [0, 0.05) is 32.3 Å². The van der Waals surface area contributed by atoms with Crippen LogP contribution in [0.3, 0.4) is 0 Å². The van der Waals surface area contributed by atoms with Crippen LogP contribution in [0.4, 0.5) is 13.2 Å². The number of hydrogen-bond donors (Lipinski definition) is 0. The average Bonchev–Trinajstić information content (AvgIpc) is 2.90. The summed E-state index contributed by atoms with van der Waals surface area (Å²) in [6.45, 7) is 5.00.